The number of hydrogen-bond donors (Lipinski definition) is 3. The minimum absolute atomic E-state index is 0. The molecule has 0 bridgehead atoms. The van der Waals surface area contributed by atoms with Crippen LogP contribution >= 0.6 is 7.82 Å². The Bertz CT molecular complexity index is 526. The molecule has 21 heavy (non-hydrogen) atoms. The van der Waals surface area contributed by atoms with Crippen LogP contribution in [0.4, 0.5) is 0 Å². The fourth-order valence-corrected chi connectivity index (χ4v) is 2.60. The molecule has 0 saturated heterocycles. The Morgan fingerprint density at radius 3 is 1.90 bits per heavy atom. The molecule has 0 heterocycles. The maximum atomic E-state index is 11.0. The molecule has 0 unspecified atom stereocenters. The van der Waals surface area contributed by atoms with Crippen molar-refractivity contribution in [2.24, 2.45) is 0 Å². The van der Waals surface area contributed by atoms with Crippen molar-refractivity contribution in [3.8, 4) is 11.5 Å². The number of phenols is 1. The topological polar surface area (TPSA) is 87.0 Å². The summed E-state index contributed by atoms with van der Waals surface area (Å²) < 4.78 is 15.7. The SMILES string of the molecule is Cc1c(OP(=O)(O)O)cc(C(C)C)c(O)c1C(C)C.[Na].[Na]. The Morgan fingerprint density at radius 1 is 1.10 bits per heavy atom. The van der Waals surface area contributed by atoms with Gasteiger partial charge in [-0.25, -0.2) is 4.57 Å². The summed E-state index contributed by atoms with van der Waals surface area (Å²) in [6, 6.07) is 1.50. The number of phosphoric acid groups is 1. The van der Waals surface area contributed by atoms with Gasteiger partial charge < -0.3 is 9.63 Å². The Balaban J connectivity index is 0. The first kappa shape index (κ1) is 24.2. The van der Waals surface area contributed by atoms with Crippen molar-refractivity contribution in [2.75, 3.05) is 0 Å². The molecule has 110 valence electrons. The van der Waals surface area contributed by atoms with Crippen LogP contribution in [0.5, 0.6) is 11.5 Å². The van der Waals surface area contributed by atoms with Gasteiger partial charge in [0.2, 0.25) is 0 Å². The van der Waals surface area contributed by atoms with E-state index in [9.17, 15) is 9.67 Å². The number of hydrogen-bond acceptors (Lipinski definition) is 3. The van der Waals surface area contributed by atoms with Crippen molar-refractivity contribution in [3.05, 3.63) is 22.8 Å². The van der Waals surface area contributed by atoms with Crippen molar-refractivity contribution in [1.29, 1.82) is 0 Å². The molecule has 0 saturated carbocycles. The molecule has 2 radical (unpaired) electrons. The normalized spacial score (nSPS) is 11.1. The predicted octanol–water partition coefficient (Wildman–Crippen LogP) is 2.66. The van der Waals surface area contributed by atoms with E-state index in [0.29, 0.717) is 16.7 Å². The van der Waals surface area contributed by atoms with Gasteiger partial charge in [0.1, 0.15) is 11.5 Å². The minimum atomic E-state index is -4.61. The van der Waals surface area contributed by atoms with Crippen molar-refractivity contribution in [1.82, 2.24) is 0 Å². The molecule has 0 amide bonds. The number of aromatic hydroxyl groups is 1. The van der Waals surface area contributed by atoms with Crippen LogP contribution in [-0.2, 0) is 4.57 Å². The third-order valence-electron chi connectivity index (χ3n) is 3.01. The van der Waals surface area contributed by atoms with Crippen LogP contribution in [0.3, 0.4) is 0 Å². The molecule has 1 aromatic rings. The van der Waals surface area contributed by atoms with Gasteiger partial charge in [-0.15, -0.1) is 0 Å². The van der Waals surface area contributed by atoms with Crippen molar-refractivity contribution >= 4 is 66.9 Å². The molecule has 8 heteroatoms. The van der Waals surface area contributed by atoms with E-state index in [-0.39, 0.29) is 82.4 Å². The van der Waals surface area contributed by atoms with Crippen molar-refractivity contribution < 1.29 is 24.0 Å². The van der Waals surface area contributed by atoms with Crippen LogP contribution in [0.2, 0.25) is 0 Å². The summed E-state index contributed by atoms with van der Waals surface area (Å²) in [5.74, 6) is 0.356. The van der Waals surface area contributed by atoms with E-state index < -0.39 is 7.82 Å². The van der Waals surface area contributed by atoms with E-state index in [1.54, 1.807) is 6.92 Å². The average molecular weight is 334 g/mol. The van der Waals surface area contributed by atoms with Gasteiger partial charge >= 0.3 is 7.82 Å². The number of benzene rings is 1. The molecule has 3 N–H and O–H groups in total. The fourth-order valence-electron chi connectivity index (χ4n) is 2.15. The van der Waals surface area contributed by atoms with Crippen LogP contribution in [-0.4, -0.2) is 74.0 Å². The van der Waals surface area contributed by atoms with Gasteiger partial charge in [0.25, 0.3) is 0 Å². The Morgan fingerprint density at radius 2 is 1.57 bits per heavy atom. The van der Waals surface area contributed by atoms with Crippen LogP contribution in [0.1, 0.15) is 56.2 Å². The molecule has 0 aliphatic rings. The summed E-state index contributed by atoms with van der Waals surface area (Å²) in [6.45, 7) is 9.30. The fraction of sp³-hybridized carbons (Fsp3) is 0.538. The molecule has 1 aromatic carbocycles. The zero-order chi connectivity index (χ0) is 15.0. The maximum absolute atomic E-state index is 11.0. The third-order valence-corrected chi connectivity index (χ3v) is 3.44. The first-order valence-corrected chi connectivity index (χ1v) is 7.69. The van der Waals surface area contributed by atoms with Crippen LogP contribution in [0.25, 0.3) is 0 Å². The summed E-state index contributed by atoms with van der Waals surface area (Å²) in [5.41, 5.74) is 1.84. The standard InChI is InChI=1S/C13H21O5P.2Na/c1-7(2)10-6-11(18-19(15,16)17)9(5)12(8(3)4)13(10)14;;/h6-8,14H,1-5H3,(H2,15,16,17);;. The molecule has 0 aliphatic heterocycles. The molecule has 0 aliphatic carbocycles. The molecule has 0 atom stereocenters. The van der Waals surface area contributed by atoms with Gasteiger partial charge in [-0.3, -0.25) is 9.79 Å². The number of rotatable bonds is 4. The summed E-state index contributed by atoms with van der Waals surface area (Å²) in [5, 5.41) is 10.3. The number of phosphoric ester groups is 1. The smallest absolute Gasteiger partial charge is 0.507 e. The number of phenolic OH excluding ortho intramolecular Hbond substituents is 1. The average Bonchev–Trinajstić information content (AvgIpc) is 2.19. The molecular formula is C13H21Na2O5P. The van der Waals surface area contributed by atoms with E-state index in [1.165, 1.54) is 6.07 Å². The molecule has 0 aromatic heterocycles. The molecule has 0 spiro atoms. The zero-order valence-electron chi connectivity index (χ0n) is 13.8. The Labute approximate surface area is 170 Å². The summed E-state index contributed by atoms with van der Waals surface area (Å²) in [4.78, 5) is 17.9. The van der Waals surface area contributed by atoms with Gasteiger partial charge in [-0.2, -0.15) is 0 Å². The van der Waals surface area contributed by atoms with Crippen LogP contribution < -0.4 is 4.52 Å². The Hall–Kier alpha value is 0.970. The van der Waals surface area contributed by atoms with Gasteiger partial charge in [0.05, 0.1) is 0 Å². The molecule has 5 nitrogen and oxygen atoms in total. The molecule has 0 fully saturated rings. The largest absolute Gasteiger partial charge is 0.524 e. The first-order valence-electron chi connectivity index (χ1n) is 6.16. The van der Waals surface area contributed by atoms with Crippen molar-refractivity contribution in [3.63, 3.8) is 0 Å². The molecule has 1 rings (SSSR count). The van der Waals surface area contributed by atoms with E-state index >= 15 is 0 Å². The van der Waals surface area contributed by atoms with Crippen LogP contribution in [0.15, 0.2) is 6.07 Å². The second-order valence-electron chi connectivity index (χ2n) is 5.24. The van der Waals surface area contributed by atoms with Gasteiger partial charge in [-0.05, 0) is 30.4 Å². The van der Waals surface area contributed by atoms with E-state index in [2.05, 4.69) is 0 Å². The summed E-state index contributed by atoms with van der Waals surface area (Å²) in [6.07, 6.45) is 0. The van der Waals surface area contributed by atoms with Gasteiger partial charge in [0, 0.05) is 70.2 Å². The summed E-state index contributed by atoms with van der Waals surface area (Å²) in [7, 11) is -4.61. The molecular weight excluding hydrogens is 313 g/mol. The first-order chi connectivity index (χ1) is 8.54. The second-order valence-corrected chi connectivity index (χ2v) is 6.41. The van der Waals surface area contributed by atoms with Gasteiger partial charge in [0.15, 0.2) is 0 Å². The minimum Gasteiger partial charge on any atom is -0.507 e. The van der Waals surface area contributed by atoms with E-state index in [4.69, 9.17) is 14.3 Å². The monoisotopic (exact) mass is 334 g/mol. The maximum Gasteiger partial charge on any atom is 0.524 e. The van der Waals surface area contributed by atoms with E-state index in [1.807, 2.05) is 27.7 Å². The van der Waals surface area contributed by atoms with Gasteiger partial charge in [-0.1, -0.05) is 27.7 Å². The predicted molar refractivity (Wildman–Crippen MR) is 85.2 cm³/mol. The second kappa shape index (κ2) is 9.31. The summed E-state index contributed by atoms with van der Waals surface area (Å²) >= 11 is 0. The zero-order valence-corrected chi connectivity index (χ0v) is 18.7. The van der Waals surface area contributed by atoms with E-state index in [0.717, 1.165) is 0 Å². The third kappa shape index (κ3) is 6.54. The van der Waals surface area contributed by atoms with Crippen LogP contribution in [0, 0.1) is 6.92 Å². The Kier molecular flexibility index (Phi) is 10.7. The quantitative estimate of drug-likeness (QED) is 0.582. The van der Waals surface area contributed by atoms with Crippen molar-refractivity contribution in [2.45, 2.75) is 46.5 Å².